The van der Waals surface area contributed by atoms with Gasteiger partial charge in [0, 0.05) is 6.04 Å². The van der Waals surface area contributed by atoms with Crippen molar-refractivity contribution in [2.75, 3.05) is 0 Å². The molecule has 1 nitrogen and oxygen atoms in total. The minimum Gasteiger partial charge on any atom is -0.328 e. The molecule has 0 radical (unpaired) electrons. The van der Waals surface area contributed by atoms with Crippen molar-refractivity contribution in [1.82, 2.24) is 0 Å². The summed E-state index contributed by atoms with van der Waals surface area (Å²) in [5.41, 5.74) is 9.07. The van der Waals surface area contributed by atoms with Gasteiger partial charge in [-0.15, -0.1) is 0 Å². The van der Waals surface area contributed by atoms with Crippen LogP contribution in [0.3, 0.4) is 0 Å². The first-order chi connectivity index (χ1) is 8.34. The van der Waals surface area contributed by atoms with E-state index < -0.39 is 0 Å². The Labute approximate surface area is 113 Å². The fourth-order valence-electron chi connectivity index (χ4n) is 2.15. The fourth-order valence-corrected chi connectivity index (χ4v) is 2.15. The summed E-state index contributed by atoms with van der Waals surface area (Å²) in [6.07, 6.45) is 3.39. The molecule has 0 saturated carbocycles. The van der Waals surface area contributed by atoms with Crippen molar-refractivity contribution in [3.8, 4) is 0 Å². The van der Waals surface area contributed by atoms with E-state index in [9.17, 15) is 0 Å². The summed E-state index contributed by atoms with van der Waals surface area (Å²) in [6.45, 7) is 11.2. The van der Waals surface area contributed by atoms with Crippen LogP contribution >= 0.6 is 0 Å². The molecule has 0 amide bonds. The Balaban J connectivity index is 2.62. The summed E-state index contributed by atoms with van der Waals surface area (Å²) in [5.74, 6) is 0.608. The molecule has 0 saturated heterocycles. The third-order valence-corrected chi connectivity index (χ3v) is 3.84. The van der Waals surface area contributed by atoms with Crippen LogP contribution in [0.2, 0.25) is 0 Å². The predicted molar refractivity (Wildman–Crippen MR) is 81.1 cm³/mol. The van der Waals surface area contributed by atoms with Gasteiger partial charge in [0.25, 0.3) is 0 Å². The number of rotatable bonds is 5. The van der Waals surface area contributed by atoms with Crippen molar-refractivity contribution in [3.05, 3.63) is 35.4 Å². The standard InChI is InChI=1S/C17H29N/c1-6-16(18)12-7-13(2)14-8-10-15(11-9-14)17(3,4)5/h8-11,13,16H,6-7,12,18H2,1-5H3. The number of benzene rings is 1. The maximum Gasteiger partial charge on any atom is 0.00364 e. The summed E-state index contributed by atoms with van der Waals surface area (Å²) in [4.78, 5) is 0. The molecule has 1 aromatic rings. The largest absolute Gasteiger partial charge is 0.328 e. The van der Waals surface area contributed by atoms with Crippen LogP contribution in [0.4, 0.5) is 0 Å². The minimum absolute atomic E-state index is 0.242. The fraction of sp³-hybridized carbons (Fsp3) is 0.647. The molecule has 0 fully saturated rings. The monoisotopic (exact) mass is 247 g/mol. The van der Waals surface area contributed by atoms with Crippen molar-refractivity contribution in [2.45, 2.75) is 71.3 Å². The Kier molecular flexibility index (Phi) is 5.40. The highest BCUT2D eigenvalue weighted by atomic mass is 14.6. The quantitative estimate of drug-likeness (QED) is 0.808. The Hall–Kier alpha value is -0.820. The van der Waals surface area contributed by atoms with Crippen LogP contribution in [-0.2, 0) is 5.41 Å². The molecule has 0 aliphatic heterocycles. The second-order valence-electron chi connectivity index (χ2n) is 6.52. The van der Waals surface area contributed by atoms with Gasteiger partial charge in [0.1, 0.15) is 0 Å². The van der Waals surface area contributed by atoms with E-state index in [0.29, 0.717) is 12.0 Å². The molecule has 2 atom stereocenters. The van der Waals surface area contributed by atoms with Gasteiger partial charge < -0.3 is 5.73 Å². The molecule has 0 aliphatic rings. The van der Waals surface area contributed by atoms with E-state index in [1.165, 1.54) is 17.5 Å². The maximum atomic E-state index is 5.98. The smallest absolute Gasteiger partial charge is 0.00364 e. The molecule has 0 heterocycles. The number of nitrogens with two attached hydrogens (primary N) is 1. The second kappa shape index (κ2) is 6.38. The molecule has 0 spiro atoms. The van der Waals surface area contributed by atoms with Crippen LogP contribution in [0.25, 0.3) is 0 Å². The van der Waals surface area contributed by atoms with E-state index in [1.54, 1.807) is 0 Å². The molecule has 2 N–H and O–H groups in total. The van der Waals surface area contributed by atoms with Gasteiger partial charge in [-0.25, -0.2) is 0 Å². The highest BCUT2D eigenvalue weighted by Gasteiger charge is 2.14. The molecule has 102 valence electrons. The van der Waals surface area contributed by atoms with Crippen LogP contribution in [0.15, 0.2) is 24.3 Å². The van der Waals surface area contributed by atoms with Gasteiger partial charge in [-0.3, -0.25) is 0 Å². The number of hydrogen-bond acceptors (Lipinski definition) is 1. The van der Waals surface area contributed by atoms with Crippen LogP contribution in [-0.4, -0.2) is 6.04 Å². The Bertz CT molecular complexity index is 345. The van der Waals surface area contributed by atoms with Gasteiger partial charge in [0.2, 0.25) is 0 Å². The Morgan fingerprint density at radius 2 is 1.61 bits per heavy atom. The second-order valence-corrected chi connectivity index (χ2v) is 6.52. The average molecular weight is 247 g/mol. The molecule has 1 heteroatoms. The first-order valence-electron chi connectivity index (χ1n) is 7.20. The average Bonchev–Trinajstić information content (AvgIpc) is 2.34. The normalized spacial score (nSPS) is 15.4. The molecule has 2 unspecified atom stereocenters. The third-order valence-electron chi connectivity index (χ3n) is 3.84. The van der Waals surface area contributed by atoms with E-state index in [2.05, 4.69) is 58.9 Å². The summed E-state index contributed by atoms with van der Waals surface area (Å²) in [6, 6.07) is 9.46. The van der Waals surface area contributed by atoms with Crippen LogP contribution in [0, 0.1) is 0 Å². The van der Waals surface area contributed by atoms with Crippen LogP contribution in [0.5, 0.6) is 0 Å². The lowest BCUT2D eigenvalue weighted by atomic mass is 9.85. The van der Waals surface area contributed by atoms with Crippen molar-refractivity contribution in [3.63, 3.8) is 0 Å². The predicted octanol–water partition coefficient (Wildman–Crippen LogP) is 4.61. The zero-order valence-corrected chi connectivity index (χ0v) is 12.7. The Morgan fingerprint density at radius 1 is 1.06 bits per heavy atom. The third kappa shape index (κ3) is 4.45. The molecular formula is C17H29N. The van der Waals surface area contributed by atoms with Crippen molar-refractivity contribution in [1.29, 1.82) is 0 Å². The topological polar surface area (TPSA) is 26.0 Å². The number of hydrogen-bond donors (Lipinski definition) is 1. The van der Waals surface area contributed by atoms with Gasteiger partial charge in [-0.1, -0.05) is 58.9 Å². The van der Waals surface area contributed by atoms with E-state index in [4.69, 9.17) is 5.73 Å². The summed E-state index contributed by atoms with van der Waals surface area (Å²) >= 11 is 0. The van der Waals surface area contributed by atoms with E-state index in [-0.39, 0.29) is 5.41 Å². The van der Waals surface area contributed by atoms with E-state index in [0.717, 1.165) is 12.8 Å². The van der Waals surface area contributed by atoms with Crippen LogP contribution < -0.4 is 5.73 Å². The molecule has 1 aromatic carbocycles. The lowest BCUT2D eigenvalue weighted by Crippen LogP contribution is -2.19. The first-order valence-corrected chi connectivity index (χ1v) is 7.20. The van der Waals surface area contributed by atoms with Crippen molar-refractivity contribution >= 4 is 0 Å². The minimum atomic E-state index is 0.242. The molecule has 0 aromatic heterocycles. The molecule has 18 heavy (non-hydrogen) atoms. The van der Waals surface area contributed by atoms with Crippen molar-refractivity contribution in [2.24, 2.45) is 5.73 Å². The molecule has 1 rings (SSSR count). The van der Waals surface area contributed by atoms with E-state index in [1.807, 2.05) is 0 Å². The Morgan fingerprint density at radius 3 is 2.06 bits per heavy atom. The molecular weight excluding hydrogens is 218 g/mol. The summed E-state index contributed by atoms with van der Waals surface area (Å²) in [7, 11) is 0. The highest BCUT2D eigenvalue weighted by molar-refractivity contribution is 5.29. The highest BCUT2D eigenvalue weighted by Crippen LogP contribution is 2.26. The van der Waals surface area contributed by atoms with Crippen molar-refractivity contribution < 1.29 is 0 Å². The molecule has 0 bridgehead atoms. The molecule has 0 aliphatic carbocycles. The lowest BCUT2D eigenvalue weighted by Gasteiger charge is -2.20. The lowest BCUT2D eigenvalue weighted by molar-refractivity contribution is 0.530. The van der Waals surface area contributed by atoms with Crippen LogP contribution in [0.1, 0.15) is 70.9 Å². The van der Waals surface area contributed by atoms with Gasteiger partial charge in [-0.2, -0.15) is 0 Å². The zero-order valence-electron chi connectivity index (χ0n) is 12.7. The first kappa shape index (κ1) is 15.2. The zero-order chi connectivity index (χ0) is 13.8. The van der Waals surface area contributed by atoms with Gasteiger partial charge in [-0.05, 0) is 41.7 Å². The summed E-state index contributed by atoms with van der Waals surface area (Å²) in [5, 5.41) is 0. The maximum absolute atomic E-state index is 5.98. The van der Waals surface area contributed by atoms with E-state index >= 15 is 0 Å². The SMILES string of the molecule is CCC(N)CCC(C)c1ccc(C(C)(C)C)cc1. The van der Waals surface area contributed by atoms with Gasteiger partial charge in [0.15, 0.2) is 0 Å². The van der Waals surface area contributed by atoms with Gasteiger partial charge in [0.05, 0.1) is 0 Å². The summed E-state index contributed by atoms with van der Waals surface area (Å²) < 4.78 is 0. The van der Waals surface area contributed by atoms with Gasteiger partial charge >= 0.3 is 0 Å².